The quantitative estimate of drug-likeness (QED) is 0.634. The Balaban J connectivity index is 3.54. The molecule has 0 bridgehead atoms. The normalized spacial score (nSPS) is 14.4. The Bertz CT molecular complexity index is 179. The molecule has 0 radical (unpaired) electrons. The van der Waals surface area contributed by atoms with Crippen LogP contribution in [0.15, 0.2) is 0 Å². The third kappa shape index (κ3) is 10.2. The van der Waals surface area contributed by atoms with Crippen LogP contribution in [0, 0.1) is 0 Å². The second-order valence-electron chi connectivity index (χ2n) is 3.65. The van der Waals surface area contributed by atoms with Gasteiger partial charge in [0.1, 0.15) is 6.61 Å². The number of alkyl halides is 3. The van der Waals surface area contributed by atoms with Crippen molar-refractivity contribution in [1.29, 1.82) is 0 Å². The molecular formula is C9H19F3N2O2. The zero-order chi connectivity index (χ0) is 12.6. The molecule has 0 saturated heterocycles. The predicted octanol–water partition coefficient (Wildman–Crippen LogP) is 0.0774. The van der Waals surface area contributed by atoms with Gasteiger partial charge in [0.25, 0.3) is 0 Å². The topological polar surface area (TPSA) is 44.7 Å². The Hall–Kier alpha value is -0.370. The van der Waals surface area contributed by atoms with E-state index in [0.29, 0.717) is 13.1 Å². The van der Waals surface area contributed by atoms with Crippen molar-refractivity contribution in [2.24, 2.45) is 0 Å². The third-order valence-electron chi connectivity index (χ3n) is 1.84. The fourth-order valence-electron chi connectivity index (χ4n) is 1.12. The molecule has 0 fully saturated rings. The minimum atomic E-state index is -4.34. The third-order valence-corrected chi connectivity index (χ3v) is 1.84. The summed E-state index contributed by atoms with van der Waals surface area (Å²) in [6.07, 6.45) is -5.23. The summed E-state index contributed by atoms with van der Waals surface area (Å²) in [5, 5.41) is 12.3. The lowest BCUT2D eigenvalue weighted by Crippen LogP contribution is -2.36. The minimum absolute atomic E-state index is 0.291. The molecule has 0 aromatic carbocycles. The van der Waals surface area contributed by atoms with E-state index in [1.54, 1.807) is 14.1 Å². The van der Waals surface area contributed by atoms with Crippen LogP contribution >= 0.6 is 0 Å². The molecule has 2 N–H and O–H groups in total. The summed E-state index contributed by atoms with van der Waals surface area (Å²) in [5.74, 6) is 0. The van der Waals surface area contributed by atoms with Crippen molar-refractivity contribution >= 4 is 0 Å². The number of likely N-dealkylation sites (N-methyl/N-ethyl adjacent to an activating group) is 2. The first-order valence-electron chi connectivity index (χ1n) is 5.01. The van der Waals surface area contributed by atoms with Crippen molar-refractivity contribution in [1.82, 2.24) is 10.2 Å². The predicted molar refractivity (Wildman–Crippen MR) is 54.3 cm³/mol. The molecule has 7 heteroatoms. The van der Waals surface area contributed by atoms with Gasteiger partial charge in [0.15, 0.2) is 0 Å². The van der Waals surface area contributed by atoms with Gasteiger partial charge in [-0.3, -0.25) is 0 Å². The van der Waals surface area contributed by atoms with E-state index in [9.17, 15) is 18.3 Å². The van der Waals surface area contributed by atoms with Crippen LogP contribution in [0.5, 0.6) is 0 Å². The Morgan fingerprint density at radius 1 is 1.44 bits per heavy atom. The highest BCUT2D eigenvalue weighted by atomic mass is 19.4. The van der Waals surface area contributed by atoms with E-state index in [1.807, 2.05) is 4.90 Å². The van der Waals surface area contributed by atoms with E-state index >= 15 is 0 Å². The lowest BCUT2D eigenvalue weighted by Gasteiger charge is -2.20. The van der Waals surface area contributed by atoms with Crippen molar-refractivity contribution < 1.29 is 23.0 Å². The molecule has 4 nitrogen and oxygen atoms in total. The summed E-state index contributed by atoms with van der Waals surface area (Å²) in [5.41, 5.74) is 0. The number of nitrogens with one attached hydrogen (secondary N) is 1. The fourth-order valence-corrected chi connectivity index (χ4v) is 1.12. The first-order valence-corrected chi connectivity index (χ1v) is 5.01. The van der Waals surface area contributed by atoms with Gasteiger partial charge in [-0.1, -0.05) is 0 Å². The van der Waals surface area contributed by atoms with Crippen LogP contribution in [-0.4, -0.2) is 69.2 Å². The molecule has 98 valence electrons. The van der Waals surface area contributed by atoms with Crippen LogP contribution in [0.2, 0.25) is 0 Å². The van der Waals surface area contributed by atoms with Crippen molar-refractivity contribution in [3.63, 3.8) is 0 Å². The van der Waals surface area contributed by atoms with Crippen LogP contribution in [-0.2, 0) is 4.74 Å². The molecule has 0 heterocycles. The smallest absolute Gasteiger partial charge is 0.389 e. The number of aliphatic hydroxyl groups is 1. The second kappa shape index (κ2) is 7.83. The Morgan fingerprint density at radius 2 is 2.06 bits per heavy atom. The number of ether oxygens (including phenoxy) is 1. The maximum Gasteiger partial charge on any atom is 0.411 e. The van der Waals surface area contributed by atoms with Gasteiger partial charge in [0.2, 0.25) is 0 Å². The summed E-state index contributed by atoms with van der Waals surface area (Å²) in [7, 11) is 3.58. The van der Waals surface area contributed by atoms with Crippen LogP contribution in [0.4, 0.5) is 13.2 Å². The maximum atomic E-state index is 11.7. The van der Waals surface area contributed by atoms with Gasteiger partial charge in [-0.25, -0.2) is 0 Å². The van der Waals surface area contributed by atoms with Crippen LogP contribution in [0.1, 0.15) is 0 Å². The molecule has 0 aliphatic carbocycles. The molecule has 0 aliphatic rings. The van der Waals surface area contributed by atoms with Gasteiger partial charge < -0.3 is 20.1 Å². The number of hydrogen-bond acceptors (Lipinski definition) is 4. The summed E-state index contributed by atoms with van der Waals surface area (Å²) in [4.78, 5) is 1.82. The maximum absolute atomic E-state index is 11.7. The van der Waals surface area contributed by atoms with Crippen molar-refractivity contribution in [2.45, 2.75) is 12.3 Å². The Kier molecular flexibility index (Phi) is 7.65. The average Bonchev–Trinajstić information content (AvgIpc) is 2.12. The van der Waals surface area contributed by atoms with Crippen LogP contribution in [0.3, 0.4) is 0 Å². The standard InChI is InChI=1S/C9H19F3N2O2/c1-13-3-4-14(2)5-8(15)6-16-7-9(10,11)12/h8,13,15H,3-7H2,1-2H3/t8-/m1/s1. The summed E-state index contributed by atoms with van der Waals surface area (Å²) in [6, 6.07) is 0. The molecule has 0 spiro atoms. The minimum Gasteiger partial charge on any atom is -0.389 e. The SMILES string of the molecule is CNCCN(C)C[C@@H](O)COCC(F)(F)F. The first kappa shape index (κ1) is 15.6. The number of halogens is 3. The van der Waals surface area contributed by atoms with Crippen LogP contribution < -0.4 is 5.32 Å². The molecule has 1 atom stereocenters. The van der Waals surface area contributed by atoms with Gasteiger partial charge in [-0.05, 0) is 14.1 Å². The summed E-state index contributed by atoms with van der Waals surface area (Å²) in [6.45, 7) is 0.146. The Morgan fingerprint density at radius 3 is 2.56 bits per heavy atom. The largest absolute Gasteiger partial charge is 0.411 e. The first-order chi connectivity index (χ1) is 7.35. The van der Waals surface area contributed by atoms with Crippen molar-refractivity contribution in [2.75, 3.05) is 46.9 Å². The molecule has 0 rings (SSSR count). The van der Waals surface area contributed by atoms with Gasteiger partial charge in [-0.2, -0.15) is 13.2 Å². The molecule has 0 aromatic heterocycles. The average molecular weight is 244 g/mol. The zero-order valence-corrected chi connectivity index (χ0v) is 9.55. The molecule has 0 aromatic rings. The monoisotopic (exact) mass is 244 g/mol. The second-order valence-corrected chi connectivity index (χ2v) is 3.65. The van der Waals surface area contributed by atoms with Crippen LogP contribution in [0.25, 0.3) is 0 Å². The zero-order valence-electron chi connectivity index (χ0n) is 9.55. The van der Waals surface area contributed by atoms with E-state index in [2.05, 4.69) is 10.1 Å². The van der Waals surface area contributed by atoms with Crippen molar-refractivity contribution in [3.05, 3.63) is 0 Å². The van der Waals surface area contributed by atoms with E-state index in [-0.39, 0.29) is 6.61 Å². The highest BCUT2D eigenvalue weighted by Crippen LogP contribution is 2.14. The van der Waals surface area contributed by atoms with Gasteiger partial charge >= 0.3 is 6.18 Å². The Labute approximate surface area is 93.4 Å². The lowest BCUT2D eigenvalue weighted by atomic mass is 10.3. The van der Waals surface area contributed by atoms with E-state index < -0.39 is 18.9 Å². The highest BCUT2D eigenvalue weighted by Gasteiger charge is 2.27. The molecule has 0 saturated carbocycles. The molecule has 16 heavy (non-hydrogen) atoms. The fraction of sp³-hybridized carbons (Fsp3) is 1.00. The van der Waals surface area contributed by atoms with Gasteiger partial charge in [0, 0.05) is 19.6 Å². The highest BCUT2D eigenvalue weighted by molar-refractivity contribution is 4.61. The molecule has 0 aliphatic heterocycles. The van der Waals surface area contributed by atoms with Crippen molar-refractivity contribution in [3.8, 4) is 0 Å². The molecular weight excluding hydrogens is 225 g/mol. The van der Waals surface area contributed by atoms with E-state index in [1.165, 1.54) is 0 Å². The molecule has 0 unspecified atom stereocenters. The van der Waals surface area contributed by atoms with E-state index in [0.717, 1.165) is 6.54 Å². The number of nitrogens with zero attached hydrogens (tertiary/aromatic N) is 1. The molecule has 0 amide bonds. The van der Waals surface area contributed by atoms with Gasteiger partial charge in [-0.15, -0.1) is 0 Å². The number of rotatable bonds is 8. The number of aliphatic hydroxyl groups excluding tert-OH is 1. The van der Waals surface area contributed by atoms with Gasteiger partial charge in [0.05, 0.1) is 12.7 Å². The summed E-state index contributed by atoms with van der Waals surface area (Å²) < 4.78 is 39.5. The lowest BCUT2D eigenvalue weighted by molar-refractivity contribution is -0.179. The number of hydrogen-bond donors (Lipinski definition) is 2. The van der Waals surface area contributed by atoms with E-state index in [4.69, 9.17) is 0 Å². The summed E-state index contributed by atoms with van der Waals surface area (Å²) >= 11 is 0.